The highest BCUT2D eigenvalue weighted by Gasteiger charge is 2.38. The summed E-state index contributed by atoms with van der Waals surface area (Å²) in [6.45, 7) is 6.58. The third kappa shape index (κ3) is 12.7. The number of hydrogen-bond acceptors (Lipinski definition) is 8. The average Bonchev–Trinajstić information content (AvgIpc) is 3.33. The number of alkyl carbamates (subject to hydrolysis) is 1. The van der Waals surface area contributed by atoms with Gasteiger partial charge in [-0.25, -0.2) is 35.3 Å². The van der Waals surface area contributed by atoms with Crippen LogP contribution in [0.3, 0.4) is 0 Å². The minimum atomic E-state index is -3.92. The number of sulfonamides is 2. The summed E-state index contributed by atoms with van der Waals surface area (Å²) in [4.78, 5) is 24.4. The molecule has 0 aromatic heterocycles. The van der Waals surface area contributed by atoms with Crippen LogP contribution in [0.5, 0.6) is 0 Å². The zero-order valence-electron chi connectivity index (χ0n) is 24.2. The van der Waals surface area contributed by atoms with Crippen molar-refractivity contribution in [3.05, 3.63) is 35.9 Å². The van der Waals surface area contributed by atoms with E-state index in [-0.39, 0.29) is 18.8 Å². The Balaban J connectivity index is 1.90. The molecular formula is C25H43N5O8S3. The first-order valence-corrected chi connectivity index (χ1v) is 18.0. The van der Waals surface area contributed by atoms with Crippen LogP contribution in [0.25, 0.3) is 0 Å². The van der Waals surface area contributed by atoms with E-state index < -0.39 is 78.3 Å². The standard InChI is InChI=1S/C25H43N5O8S3/c1-19(18-40(34,35)27-13-15-41(36,37)30-14-9-12-22(30)23(31)26-5)29-39(33)17-21(16-20-10-7-6-8-11-20)28-24(32)38-25(2,3)4/h6-8,10-11,19,21-22,27,29H,9,12-18H2,1-5H3,(H,26,31)(H,28,32)/t19-,21-,22-,39?/m0/s1. The van der Waals surface area contributed by atoms with Gasteiger partial charge in [-0.15, -0.1) is 0 Å². The Morgan fingerprint density at radius 3 is 2.41 bits per heavy atom. The second-order valence-electron chi connectivity index (χ2n) is 10.9. The number of nitrogens with zero attached hydrogens (tertiary/aromatic N) is 1. The summed E-state index contributed by atoms with van der Waals surface area (Å²) in [5.74, 6) is -1.35. The number of ether oxygens (including phenoxy) is 1. The summed E-state index contributed by atoms with van der Waals surface area (Å²) in [6.07, 6.45) is 0.683. The molecule has 1 aromatic carbocycles. The van der Waals surface area contributed by atoms with Gasteiger partial charge in [-0.2, -0.15) is 4.31 Å². The minimum absolute atomic E-state index is 0.00741. The maximum Gasteiger partial charge on any atom is 0.407 e. The molecule has 0 aliphatic carbocycles. The van der Waals surface area contributed by atoms with E-state index in [0.29, 0.717) is 19.3 Å². The predicted molar refractivity (Wildman–Crippen MR) is 158 cm³/mol. The van der Waals surface area contributed by atoms with Crippen molar-refractivity contribution in [2.45, 2.75) is 70.7 Å². The van der Waals surface area contributed by atoms with E-state index in [1.54, 1.807) is 27.7 Å². The maximum atomic E-state index is 12.9. The predicted octanol–water partition coefficient (Wildman–Crippen LogP) is 0.224. The van der Waals surface area contributed by atoms with Crippen LogP contribution in [-0.4, -0.2) is 98.5 Å². The van der Waals surface area contributed by atoms with E-state index in [2.05, 4.69) is 20.1 Å². The van der Waals surface area contributed by atoms with E-state index >= 15 is 0 Å². The van der Waals surface area contributed by atoms with Crippen molar-refractivity contribution < 1.29 is 35.4 Å². The summed E-state index contributed by atoms with van der Waals surface area (Å²) in [5.41, 5.74) is 0.199. The van der Waals surface area contributed by atoms with E-state index in [1.807, 2.05) is 30.3 Å². The van der Waals surface area contributed by atoms with E-state index in [4.69, 9.17) is 4.74 Å². The quantitative estimate of drug-likeness (QED) is 0.211. The van der Waals surface area contributed by atoms with Crippen molar-refractivity contribution >= 4 is 43.0 Å². The Bertz CT molecular complexity index is 1250. The molecule has 2 rings (SSSR count). The maximum absolute atomic E-state index is 12.9. The Kier molecular flexibility index (Phi) is 13.2. The summed E-state index contributed by atoms with van der Waals surface area (Å²) in [5, 5.41) is 5.20. The number of likely N-dealkylation sites (N-methyl/N-ethyl adjacent to an activating group) is 1. The molecule has 234 valence electrons. The van der Waals surface area contributed by atoms with Gasteiger partial charge >= 0.3 is 6.09 Å². The molecule has 13 nitrogen and oxygen atoms in total. The lowest BCUT2D eigenvalue weighted by atomic mass is 10.1. The zero-order chi connectivity index (χ0) is 30.8. The first-order valence-electron chi connectivity index (χ1n) is 13.4. The van der Waals surface area contributed by atoms with Crippen LogP contribution in [-0.2, 0) is 47.0 Å². The lowest BCUT2D eigenvalue weighted by Crippen LogP contribution is -2.47. The molecule has 4 atom stereocenters. The Morgan fingerprint density at radius 1 is 1.15 bits per heavy atom. The van der Waals surface area contributed by atoms with Crippen molar-refractivity contribution in [2.24, 2.45) is 0 Å². The van der Waals surface area contributed by atoms with Gasteiger partial charge in [0.1, 0.15) is 11.6 Å². The van der Waals surface area contributed by atoms with Gasteiger partial charge in [0.15, 0.2) is 0 Å². The summed E-state index contributed by atoms with van der Waals surface area (Å²) in [6, 6.07) is 7.22. The van der Waals surface area contributed by atoms with Crippen LogP contribution in [0.4, 0.5) is 4.79 Å². The fraction of sp³-hybridized carbons (Fsp3) is 0.680. The highest BCUT2D eigenvalue weighted by Crippen LogP contribution is 2.21. The number of benzene rings is 1. The fourth-order valence-corrected chi connectivity index (χ4v) is 8.64. The van der Waals surface area contributed by atoms with Crippen LogP contribution in [0, 0.1) is 0 Å². The van der Waals surface area contributed by atoms with Crippen LogP contribution in [0.2, 0.25) is 0 Å². The number of carbonyl (C=O) groups is 2. The van der Waals surface area contributed by atoms with Crippen LogP contribution in [0.1, 0.15) is 46.1 Å². The molecule has 1 unspecified atom stereocenters. The molecule has 1 aromatic rings. The van der Waals surface area contributed by atoms with Crippen LogP contribution < -0.4 is 20.1 Å². The number of amides is 2. The molecule has 1 heterocycles. The number of hydrogen-bond donors (Lipinski definition) is 4. The Labute approximate surface area is 246 Å². The zero-order valence-corrected chi connectivity index (χ0v) is 26.7. The third-order valence-electron chi connectivity index (χ3n) is 5.99. The average molecular weight is 638 g/mol. The number of rotatable bonds is 15. The lowest BCUT2D eigenvalue weighted by Gasteiger charge is -2.24. The largest absolute Gasteiger partial charge is 0.444 e. The fourth-order valence-electron chi connectivity index (χ4n) is 4.35. The summed E-state index contributed by atoms with van der Waals surface area (Å²) in [7, 11) is -8.06. The monoisotopic (exact) mass is 637 g/mol. The molecule has 0 saturated carbocycles. The van der Waals surface area contributed by atoms with Crippen molar-refractivity contribution in [3.8, 4) is 0 Å². The summed E-state index contributed by atoms with van der Waals surface area (Å²) < 4.78 is 75.0. The van der Waals surface area contributed by atoms with Gasteiger partial charge in [-0.1, -0.05) is 30.3 Å². The second kappa shape index (κ2) is 15.4. The van der Waals surface area contributed by atoms with E-state index in [1.165, 1.54) is 7.05 Å². The molecule has 2 amide bonds. The Morgan fingerprint density at radius 2 is 1.80 bits per heavy atom. The van der Waals surface area contributed by atoms with Crippen LogP contribution >= 0.6 is 0 Å². The van der Waals surface area contributed by atoms with Crippen molar-refractivity contribution in [2.75, 3.05) is 37.4 Å². The molecular weight excluding hydrogens is 595 g/mol. The van der Waals surface area contributed by atoms with Crippen molar-refractivity contribution in [1.82, 2.24) is 24.4 Å². The van der Waals surface area contributed by atoms with Gasteiger partial charge in [-0.3, -0.25) is 4.79 Å². The molecule has 0 bridgehead atoms. The molecule has 0 spiro atoms. The molecule has 1 aliphatic rings. The summed E-state index contributed by atoms with van der Waals surface area (Å²) >= 11 is 0. The lowest BCUT2D eigenvalue weighted by molar-refractivity contribution is -0.123. The molecule has 1 saturated heterocycles. The van der Waals surface area contributed by atoms with Gasteiger partial charge in [0.05, 0.1) is 28.2 Å². The van der Waals surface area contributed by atoms with E-state index in [0.717, 1.165) is 9.87 Å². The van der Waals surface area contributed by atoms with Gasteiger partial charge < -0.3 is 15.4 Å². The first kappa shape index (κ1) is 35.1. The van der Waals surface area contributed by atoms with Gasteiger partial charge in [0, 0.05) is 32.2 Å². The highest BCUT2D eigenvalue weighted by atomic mass is 32.2. The third-order valence-corrected chi connectivity index (χ3v) is 10.8. The van der Waals surface area contributed by atoms with E-state index in [9.17, 15) is 30.6 Å². The first-order chi connectivity index (χ1) is 19.0. The molecule has 16 heteroatoms. The molecule has 4 N–H and O–H groups in total. The van der Waals surface area contributed by atoms with Crippen molar-refractivity contribution in [1.29, 1.82) is 0 Å². The highest BCUT2D eigenvalue weighted by molar-refractivity contribution is 7.90. The van der Waals surface area contributed by atoms with Crippen LogP contribution in [0.15, 0.2) is 30.3 Å². The van der Waals surface area contributed by atoms with Crippen molar-refractivity contribution in [3.63, 3.8) is 0 Å². The smallest absolute Gasteiger partial charge is 0.407 e. The van der Waals surface area contributed by atoms with Gasteiger partial charge in [0.2, 0.25) is 26.0 Å². The van der Waals surface area contributed by atoms with Gasteiger partial charge in [0.25, 0.3) is 0 Å². The SMILES string of the molecule is CNC(=O)[C@@H]1CCCN1S(=O)(=O)CCNS(=O)(=O)C[C@H](C)NS(=O)C[C@H](Cc1ccccc1)NC(=O)OC(C)(C)C. The van der Waals surface area contributed by atoms with Gasteiger partial charge in [-0.05, 0) is 52.5 Å². The Hall–Kier alpha value is -2.11. The topological polar surface area (TPSA) is 180 Å². The molecule has 1 aliphatic heterocycles. The molecule has 41 heavy (non-hydrogen) atoms. The normalized spacial score (nSPS) is 18.8. The minimum Gasteiger partial charge on any atom is -0.444 e. The second-order valence-corrected chi connectivity index (χ2v) is 16.1. The molecule has 0 radical (unpaired) electrons. The number of carbonyl (C=O) groups excluding carboxylic acids is 2. The molecule has 1 fully saturated rings. The number of nitrogens with one attached hydrogen (secondary N) is 4.